The van der Waals surface area contributed by atoms with Crippen molar-refractivity contribution in [3.05, 3.63) is 0 Å². The third-order valence-electron chi connectivity index (χ3n) is 3.06. The summed E-state index contributed by atoms with van der Waals surface area (Å²) in [5.74, 6) is 0. The molecular weight excluding hydrogens is 209 g/mol. The fourth-order valence-corrected chi connectivity index (χ4v) is 3.21. The summed E-state index contributed by atoms with van der Waals surface area (Å²) in [4.78, 5) is 11.2. The van der Waals surface area contributed by atoms with Crippen LogP contribution in [0.1, 0.15) is 47.0 Å². The van der Waals surface area contributed by atoms with Crippen molar-refractivity contribution in [3.63, 3.8) is 0 Å². The summed E-state index contributed by atoms with van der Waals surface area (Å²) in [6, 6.07) is 0.0813. The summed E-state index contributed by atoms with van der Waals surface area (Å²) in [7, 11) is 0. The highest BCUT2D eigenvalue weighted by Gasteiger charge is 2.39. The van der Waals surface area contributed by atoms with E-state index in [0.717, 1.165) is 19.3 Å². The molecule has 1 fully saturated rings. The van der Waals surface area contributed by atoms with Crippen molar-refractivity contribution < 1.29 is 13.9 Å². The van der Waals surface area contributed by atoms with Crippen molar-refractivity contribution in [3.8, 4) is 0 Å². The highest BCUT2D eigenvalue weighted by Crippen LogP contribution is 2.45. The topological polar surface area (TPSA) is 38.3 Å². The number of carbonyl (C=O) groups is 1. The Balaban J connectivity index is 2.57. The zero-order chi connectivity index (χ0) is 12.4. The van der Waals surface area contributed by atoms with E-state index >= 15 is 0 Å². The Morgan fingerprint density at radius 2 is 1.81 bits per heavy atom. The molecule has 0 bridgehead atoms. The van der Waals surface area contributed by atoms with Gasteiger partial charge >= 0.3 is 6.09 Å². The minimum Gasteiger partial charge on any atom is -0.418 e. The smallest absolute Gasteiger partial charge is 0.409 e. The maximum Gasteiger partial charge on any atom is 0.409 e. The average Bonchev–Trinajstić information content (AvgIpc) is 1.96. The molecule has 1 saturated carbocycles. The predicted molar refractivity (Wildman–Crippen MR) is 60.8 cm³/mol. The third kappa shape index (κ3) is 3.99. The first kappa shape index (κ1) is 13.3. The molecule has 1 rings (SSSR count). The number of ether oxygens (including phenoxy) is 1. The Labute approximate surface area is 96.7 Å². The normalized spacial score (nSPS) is 23.8. The summed E-state index contributed by atoms with van der Waals surface area (Å²) in [5.41, 5.74) is 0.408. The van der Waals surface area contributed by atoms with Crippen LogP contribution in [0, 0.1) is 10.8 Å². The molecule has 0 atom stereocenters. The van der Waals surface area contributed by atoms with Crippen molar-refractivity contribution in [1.82, 2.24) is 5.32 Å². The van der Waals surface area contributed by atoms with Crippen LogP contribution < -0.4 is 5.32 Å². The van der Waals surface area contributed by atoms with Crippen molar-refractivity contribution >= 4 is 6.09 Å². The van der Waals surface area contributed by atoms with Crippen molar-refractivity contribution in [2.45, 2.75) is 53.0 Å². The Kier molecular flexibility index (Phi) is 3.81. The molecule has 1 amide bonds. The predicted octanol–water partition coefficient (Wildman–Crippen LogP) is 3.24. The fraction of sp³-hybridized carbons (Fsp3) is 0.917. The summed E-state index contributed by atoms with van der Waals surface area (Å²) < 4.78 is 16.1. The second-order valence-corrected chi connectivity index (χ2v) is 6.30. The van der Waals surface area contributed by atoms with Gasteiger partial charge in [-0.25, -0.2) is 9.18 Å². The minimum absolute atomic E-state index is 0.0813. The number of hydrogen-bond donors (Lipinski definition) is 1. The van der Waals surface area contributed by atoms with E-state index < -0.39 is 13.0 Å². The van der Waals surface area contributed by atoms with E-state index in [0.29, 0.717) is 0 Å². The highest BCUT2D eigenvalue weighted by molar-refractivity contribution is 5.67. The number of carbonyl (C=O) groups excluding carboxylic acids is 1. The summed E-state index contributed by atoms with van der Waals surface area (Å²) in [5, 5.41) is 2.73. The van der Waals surface area contributed by atoms with Gasteiger partial charge in [-0.15, -0.1) is 0 Å². The van der Waals surface area contributed by atoms with E-state index in [1.54, 1.807) is 0 Å². The molecule has 0 aliphatic heterocycles. The third-order valence-corrected chi connectivity index (χ3v) is 3.06. The lowest BCUT2D eigenvalue weighted by Gasteiger charge is -2.44. The first-order chi connectivity index (χ1) is 7.24. The Bertz CT molecular complexity index is 248. The zero-order valence-electron chi connectivity index (χ0n) is 10.6. The standard InChI is InChI=1S/C12H22FNO2/c1-11(2)5-9(6-12(3,4)7-11)14-10(15)16-8-13/h9H,5-8H2,1-4H3,(H,14,15). The lowest BCUT2D eigenvalue weighted by molar-refractivity contribution is 0.0654. The van der Waals surface area contributed by atoms with E-state index in [-0.39, 0.29) is 16.9 Å². The lowest BCUT2D eigenvalue weighted by Crippen LogP contribution is -2.46. The lowest BCUT2D eigenvalue weighted by atomic mass is 9.63. The molecule has 0 spiro atoms. The molecule has 0 radical (unpaired) electrons. The number of alkyl halides is 1. The van der Waals surface area contributed by atoms with E-state index in [2.05, 4.69) is 37.7 Å². The molecule has 3 nitrogen and oxygen atoms in total. The molecule has 0 aromatic heterocycles. The van der Waals surface area contributed by atoms with Gasteiger partial charge in [0.15, 0.2) is 0 Å². The summed E-state index contributed by atoms with van der Waals surface area (Å²) in [6.07, 6.45) is 2.31. The van der Waals surface area contributed by atoms with Gasteiger partial charge in [-0.05, 0) is 30.1 Å². The minimum atomic E-state index is -1.06. The quantitative estimate of drug-likeness (QED) is 0.792. The molecule has 1 N–H and O–H groups in total. The van der Waals surface area contributed by atoms with Crippen LogP contribution in [0.25, 0.3) is 0 Å². The number of hydrogen-bond acceptors (Lipinski definition) is 2. The highest BCUT2D eigenvalue weighted by atomic mass is 19.1. The van der Waals surface area contributed by atoms with Gasteiger partial charge in [-0.3, -0.25) is 0 Å². The van der Waals surface area contributed by atoms with Crippen LogP contribution in [0.15, 0.2) is 0 Å². The summed E-state index contributed by atoms with van der Waals surface area (Å²) >= 11 is 0. The molecule has 1 aliphatic rings. The van der Waals surface area contributed by atoms with Crippen LogP contribution in [0.4, 0.5) is 9.18 Å². The second-order valence-electron chi connectivity index (χ2n) is 6.30. The van der Waals surface area contributed by atoms with Crippen LogP contribution in [-0.2, 0) is 4.74 Å². The number of halogens is 1. The van der Waals surface area contributed by atoms with Gasteiger partial charge in [0.25, 0.3) is 0 Å². The van der Waals surface area contributed by atoms with Crippen molar-refractivity contribution in [2.75, 3.05) is 6.86 Å². The zero-order valence-corrected chi connectivity index (χ0v) is 10.6. The molecule has 16 heavy (non-hydrogen) atoms. The molecule has 0 unspecified atom stereocenters. The van der Waals surface area contributed by atoms with Gasteiger partial charge in [-0.2, -0.15) is 0 Å². The molecule has 0 heterocycles. The van der Waals surface area contributed by atoms with Gasteiger partial charge in [-0.1, -0.05) is 27.7 Å². The fourth-order valence-electron chi connectivity index (χ4n) is 3.21. The number of nitrogens with one attached hydrogen (secondary N) is 1. The Morgan fingerprint density at radius 3 is 2.25 bits per heavy atom. The molecule has 4 heteroatoms. The first-order valence-corrected chi connectivity index (χ1v) is 5.73. The van der Waals surface area contributed by atoms with Crippen LogP contribution in [-0.4, -0.2) is 19.0 Å². The molecule has 1 aliphatic carbocycles. The van der Waals surface area contributed by atoms with Gasteiger partial charge in [0, 0.05) is 6.04 Å². The monoisotopic (exact) mass is 231 g/mol. The van der Waals surface area contributed by atoms with E-state index in [9.17, 15) is 9.18 Å². The van der Waals surface area contributed by atoms with Crippen molar-refractivity contribution in [1.29, 1.82) is 0 Å². The van der Waals surface area contributed by atoms with Gasteiger partial charge in [0.05, 0.1) is 0 Å². The van der Waals surface area contributed by atoms with Crippen LogP contribution in [0.2, 0.25) is 0 Å². The van der Waals surface area contributed by atoms with E-state index in [1.165, 1.54) is 0 Å². The summed E-state index contributed by atoms with van der Waals surface area (Å²) in [6.45, 7) is 7.73. The van der Waals surface area contributed by atoms with Crippen LogP contribution >= 0.6 is 0 Å². The second kappa shape index (κ2) is 4.60. The van der Waals surface area contributed by atoms with E-state index in [1.807, 2.05) is 0 Å². The Morgan fingerprint density at radius 1 is 1.31 bits per heavy atom. The van der Waals surface area contributed by atoms with Crippen molar-refractivity contribution in [2.24, 2.45) is 10.8 Å². The average molecular weight is 231 g/mol. The SMILES string of the molecule is CC1(C)CC(NC(=O)OCF)CC(C)(C)C1. The molecular formula is C12H22FNO2. The van der Waals surface area contributed by atoms with E-state index in [4.69, 9.17) is 0 Å². The maximum absolute atomic E-state index is 11.8. The van der Waals surface area contributed by atoms with Gasteiger partial charge in [0.1, 0.15) is 0 Å². The Hall–Kier alpha value is -0.800. The largest absolute Gasteiger partial charge is 0.418 e. The molecule has 94 valence electrons. The van der Waals surface area contributed by atoms with Gasteiger partial charge in [0.2, 0.25) is 6.86 Å². The maximum atomic E-state index is 11.8. The van der Waals surface area contributed by atoms with Gasteiger partial charge < -0.3 is 10.1 Å². The molecule has 0 aromatic rings. The number of amides is 1. The number of alkyl carbamates (subject to hydrolysis) is 1. The number of rotatable bonds is 2. The van der Waals surface area contributed by atoms with Crippen LogP contribution in [0.5, 0.6) is 0 Å². The van der Waals surface area contributed by atoms with Crippen LogP contribution in [0.3, 0.4) is 0 Å². The molecule has 0 saturated heterocycles. The first-order valence-electron chi connectivity index (χ1n) is 5.73. The molecule has 0 aromatic carbocycles.